The molecule has 0 nitrogen and oxygen atoms in total. The number of rotatable bonds is 0. The molecule has 0 unspecified atom stereocenters. The smallest absolute Gasteiger partial charge is 0.000281 e. The van der Waals surface area contributed by atoms with Crippen LogP contribution in [-0.2, 0) is 20.4 Å². The summed E-state index contributed by atoms with van der Waals surface area (Å²) in [4.78, 5) is 0. The molecule has 0 amide bonds. The Hall–Kier alpha value is 1.14. The van der Waals surface area contributed by atoms with Crippen LogP contribution in [0, 0.1) is 0 Å². The average molecular weight is 215 g/mol. The minimum atomic E-state index is 0. The molecule has 0 aromatic carbocycles. The second-order valence-electron chi connectivity index (χ2n) is 0.267. The first-order valence-electron chi connectivity index (χ1n) is 0.974. The summed E-state index contributed by atoms with van der Waals surface area (Å²) in [5.74, 6) is 0. The monoisotopic (exact) mass is 214 g/mol. The van der Waals surface area contributed by atoms with Crippen molar-refractivity contribution in [2.75, 3.05) is 5.33 Å². The van der Waals surface area contributed by atoms with Gasteiger partial charge in [0.05, 0.1) is 0 Å². The van der Waals surface area contributed by atoms with Crippen molar-refractivity contribution in [1.29, 1.82) is 0 Å². The van der Waals surface area contributed by atoms with Gasteiger partial charge in [0.25, 0.3) is 0 Å². The molecule has 0 aromatic heterocycles. The van der Waals surface area contributed by atoms with Crippen LogP contribution in [0.5, 0.6) is 0 Å². The van der Waals surface area contributed by atoms with Crippen molar-refractivity contribution < 1.29 is 20.4 Å². The van der Waals surface area contributed by atoms with Crippen LogP contribution in [0.25, 0.3) is 0 Å². The Morgan fingerprint density at radius 3 is 1.75 bits per heavy atom. The van der Waals surface area contributed by atoms with E-state index in [0.717, 1.165) is 5.33 Å². The van der Waals surface area contributed by atoms with E-state index in [1.807, 2.05) is 6.92 Å². The SMILES string of the molecule is CCBr.[Pd]. The topological polar surface area (TPSA) is 0 Å². The fourth-order valence-electron chi connectivity index (χ4n) is 0. The Balaban J connectivity index is 0. The van der Waals surface area contributed by atoms with Crippen molar-refractivity contribution in [2.24, 2.45) is 0 Å². The second-order valence-corrected chi connectivity index (χ2v) is 1.39. The van der Waals surface area contributed by atoms with E-state index >= 15 is 0 Å². The molecule has 0 bridgehead atoms. The average Bonchev–Trinajstić information content (AvgIpc) is 0.918. The van der Waals surface area contributed by atoms with E-state index in [9.17, 15) is 0 Å². The van der Waals surface area contributed by atoms with Crippen molar-refractivity contribution in [1.82, 2.24) is 0 Å². The molecule has 0 rings (SSSR count). The van der Waals surface area contributed by atoms with Crippen LogP contribution in [0.2, 0.25) is 0 Å². The summed E-state index contributed by atoms with van der Waals surface area (Å²) in [7, 11) is 0. The Labute approximate surface area is 48.8 Å². The second kappa shape index (κ2) is 8.91. The normalized spacial score (nSPS) is 4.50. The van der Waals surface area contributed by atoms with Crippen molar-refractivity contribution in [2.45, 2.75) is 6.92 Å². The molecule has 0 aromatic rings. The molecule has 0 aliphatic rings. The maximum Gasteiger partial charge on any atom is 0.000281 e. The van der Waals surface area contributed by atoms with Crippen LogP contribution in [0.1, 0.15) is 6.92 Å². The number of hydrogen-bond donors (Lipinski definition) is 0. The minimum Gasteiger partial charge on any atom is -0.0931 e. The van der Waals surface area contributed by atoms with E-state index in [0.29, 0.717) is 0 Å². The summed E-state index contributed by atoms with van der Waals surface area (Å²) in [5.41, 5.74) is 0. The first-order chi connectivity index (χ1) is 1.41. The van der Waals surface area contributed by atoms with E-state index < -0.39 is 0 Å². The molecule has 0 saturated heterocycles. The van der Waals surface area contributed by atoms with Gasteiger partial charge in [0.15, 0.2) is 0 Å². The molecule has 30 valence electrons. The van der Waals surface area contributed by atoms with Crippen LogP contribution in [0.15, 0.2) is 0 Å². The first kappa shape index (κ1) is 8.94. The zero-order valence-electron chi connectivity index (χ0n) is 2.40. The molecule has 0 saturated carbocycles. The Kier molecular flexibility index (Phi) is 19.9. The molecule has 0 aliphatic carbocycles. The van der Waals surface area contributed by atoms with Gasteiger partial charge in [-0.1, -0.05) is 22.9 Å². The Bertz CT molecular complexity index is 6.00. The van der Waals surface area contributed by atoms with E-state index in [-0.39, 0.29) is 20.4 Å². The number of alkyl halides is 1. The summed E-state index contributed by atoms with van der Waals surface area (Å²) in [6.45, 7) is 2.04. The molecule has 4 heavy (non-hydrogen) atoms. The van der Waals surface area contributed by atoms with Gasteiger partial charge in [0.1, 0.15) is 0 Å². The van der Waals surface area contributed by atoms with Crippen molar-refractivity contribution in [3.63, 3.8) is 0 Å². The molecular weight excluding hydrogens is 210 g/mol. The van der Waals surface area contributed by atoms with E-state index in [1.54, 1.807) is 0 Å². The molecule has 0 aliphatic heterocycles. The van der Waals surface area contributed by atoms with Crippen molar-refractivity contribution >= 4 is 15.9 Å². The van der Waals surface area contributed by atoms with Gasteiger partial charge in [0, 0.05) is 25.8 Å². The summed E-state index contributed by atoms with van der Waals surface area (Å²) in [6.07, 6.45) is 0. The molecule has 0 atom stereocenters. The fourth-order valence-corrected chi connectivity index (χ4v) is 0. The summed E-state index contributed by atoms with van der Waals surface area (Å²) >= 11 is 3.15. The van der Waals surface area contributed by atoms with Gasteiger partial charge in [-0.2, -0.15) is 0 Å². The van der Waals surface area contributed by atoms with E-state index in [4.69, 9.17) is 0 Å². The van der Waals surface area contributed by atoms with Crippen LogP contribution in [0.3, 0.4) is 0 Å². The standard InChI is InChI=1S/C2H5Br.Pd/c1-2-3;/h2H2,1H3;. The molecule has 0 radical (unpaired) electrons. The maximum atomic E-state index is 3.15. The summed E-state index contributed by atoms with van der Waals surface area (Å²) in [5, 5.41) is 1.06. The van der Waals surface area contributed by atoms with E-state index in [2.05, 4.69) is 15.9 Å². The van der Waals surface area contributed by atoms with Gasteiger partial charge in [-0.3, -0.25) is 0 Å². The summed E-state index contributed by atoms with van der Waals surface area (Å²) in [6, 6.07) is 0. The maximum absolute atomic E-state index is 3.15. The van der Waals surface area contributed by atoms with Gasteiger partial charge in [-0.15, -0.1) is 0 Å². The Morgan fingerprint density at radius 2 is 1.75 bits per heavy atom. The minimum absolute atomic E-state index is 0. The van der Waals surface area contributed by atoms with Crippen LogP contribution >= 0.6 is 15.9 Å². The zero-order chi connectivity index (χ0) is 2.71. The van der Waals surface area contributed by atoms with Gasteiger partial charge in [-0.05, 0) is 0 Å². The van der Waals surface area contributed by atoms with Gasteiger partial charge in [0.2, 0.25) is 0 Å². The predicted molar refractivity (Wildman–Crippen MR) is 19.5 cm³/mol. The quantitative estimate of drug-likeness (QED) is 0.423. The Morgan fingerprint density at radius 1 is 1.75 bits per heavy atom. The van der Waals surface area contributed by atoms with Gasteiger partial charge < -0.3 is 0 Å². The van der Waals surface area contributed by atoms with Crippen molar-refractivity contribution in [3.05, 3.63) is 0 Å². The largest absolute Gasteiger partial charge is 0.0931 e. The third-order valence-electron chi connectivity index (χ3n) is 0. The zero-order valence-corrected chi connectivity index (χ0v) is 5.54. The molecule has 0 spiro atoms. The van der Waals surface area contributed by atoms with Crippen LogP contribution in [-0.4, -0.2) is 5.33 Å². The van der Waals surface area contributed by atoms with Crippen molar-refractivity contribution in [3.8, 4) is 0 Å². The number of hydrogen-bond acceptors (Lipinski definition) is 0. The third-order valence-corrected chi connectivity index (χ3v) is 0. The van der Waals surface area contributed by atoms with E-state index in [1.165, 1.54) is 0 Å². The molecular formula is C2H5BrPd. The summed E-state index contributed by atoms with van der Waals surface area (Å²) < 4.78 is 0. The molecule has 0 heterocycles. The fraction of sp³-hybridized carbons (Fsp3) is 1.00. The van der Waals surface area contributed by atoms with Gasteiger partial charge in [-0.25, -0.2) is 0 Å². The van der Waals surface area contributed by atoms with Crippen LogP contribution in [0.4, 0.5) is 0 Å². The molecule has 0 N–H and O–H groups in total. The number of halogens is 1. The first-order valence-corrected chi connectivity index (χ1v) is 2.10. The van der Waals surface area contributed by atoms with Gasteiger partial charge >= 0.3 is 0 Å². The predicted octanol–water partition coefficient (Wildman–Crippen LogP) is 1.40. The third kappa shape index (κ3) is 11.1. The van der Waals surface area contributed by atoms with Crippen LogP contribution < -0.4 is 0 Å². The molecule has 0 fully saturated rings. The molecule has 2 heteroatoms.